The number of aliphatic carboxylic acids is 1. The Balaban J connectivity index is 1.89. The van der Waals surface area contributed by atoms with Crippen LogP contribution in [0.1, 0.15) is 134 Å². The molecular formula is C43H78N8O12. The number of carbonyl (C=O) groups excluding carboxylic acids is 5. The highest BCUT2D eigenvalue weighted by Gasteiger charge is 2.22. The van der Waals surface area contributed by atoms with Crippen LogP contribution in [0.5, 0.6) is 0 Å². The molecule has 0 fully saturated rings. The monoisotopic (exact) mass is 899 g/mol. The number of aliphatic hydroxyl groups is 1. The van der Waals surface area contributed by atoms with Gasteiger partial charge in [0.2, 0.25) is 17.7 Å². The van der Waals surface area contributed by atoms with Crippen molar-refractivity contribution in [3.8, 4) is 0 Å². The van der Waals surface area contributed by atoms with Crippen molar-refractivity contribution in [1.29, 1.82) is 0 Å². The predicted molar refractivity (Wildman–Crippen MR) is 234 cm³/mol. The van der Waals surface area contributed by atoms with Gasteiger partial charge in [0.15, 0.2) is 11.6 Å². The van der Waals surface area contributed by atoms with Crippen molar-refractivity contribution in [2.45, 2.75) is 141 Å². The van der Waals surface area contributed by atoms with E-state index in [1.807, 2.05) is 0 Å². The van der Waals surface area contributed by atoms with Gasteiger partial charge in [0.05, 0.1) is 51.6 Å². The van der Waals surface area contributed by atoms with Gasteiger partial charge >= 0.3 is 5.97 Å². The number of nitrogens with one attached hydrogen (secondary N) is 5. The van der Waals surface area contributed by atoms with Crippen LogP contribution in [-0.4, -0.2) is 158 Å². The Hall–Kier alpha value is -3.95. The van der Waals surface area contributed by atoms with Crippen LogP contribution in [0.2, 0.25) is 0 Å². The second kappa shape index (κ2) is 40.8. The van der Waals surface area contributed by atoms with Crippen molar-refractivity contribution in [2.24, 2.45) is 5.92 Å². The SMILES string of the molecule is CN[C@@H](CCCCNC(=O)COCCOCCNC(=O)COCCOCCNC(=O)CCC(CC(=O)CCCCCCCCCCCCCCCc1nn[nH]n1)C(=O)O)C(=O)CO. The molecule has 0 spiro atoms. The second-order valence-electron chi connectivity index (χ2n) is 15.6. The lowest BCUT2D eigenvalue weighted by atomic mass is 9.94. The third-order valence-corrected chi connectivity index (χ3v) is 10.3. The molecule has 1 unspecified atom stereocenters. The predicted octanol–water partition coefficient (Wildman–Crippen LogP) is 2.38. The maximum absolute atomic E-state index is 12.5. The molecule has 63 heavy (non-hydrogen) atoms. The number of aromatic nitrogens is 4. The number of carboxylic acid groups (broad SMARTS) is 1. The van der Waals surface area contributed by atoms with Crippen LogP contribution in [0.3, 0.4) is 0 Å². The zero-order valence-electron chi connectivity index (χ0n) is 37.8. The largest absolute Gasteiger partial charge is 0.481 e. The van der Waals surface area contributed by atoms with Gasteiger partial charge in [-0.25, -0.2) is 0 Å². The van der Waals surface area contributed by atoms with E-state index in [9.17, 15) is 33.9 Å². The molecular weight excluding hydrogens is 821 g/mol. The van der Waals surface area contributed by atoms with E-state index in [1.165, 1.54) is 51.4 Å². The molecule has 1 rings (SSSR count). The third-order valence-electron chi connectivity index (χ3n) is 10.3. The summed E-state index contributed by atoms with van der Waals surface area (Å²) in [6.45, 7) is 1.53. The van der Waals surface area contributed by atoms with E-state index >= 15 is 0 Å². The molecule has 0 aliphatic heterocycles. The fourth-order valence-corrected chi connectivity index (χ4v) is 6.60. The molecule has 20 heteroatoms. The Morgan fingerprint density at radius 3 is 1.65 bits per heavy atom. The van der Waals surface area contributed by atoms with Crippen molar-refractivity contribution in [2.75, 3.05) is 86.1 Å². The van der Waals surface area contributed by atoms with E-state index in [2.05, 4.69) is 41.9 Å². The van der Waals surface area contributed by atoms with Crippen molar-refractivity contribution >= 4 is 35.3 Å². The zero-order valence-corrected chi connectivity index (χ0v) is 37.8. The number of amides is 3. The molecule has 0 saturated carbocycles. The average molecular weight is 899 g/mol. The summed E-state index contributed by atoms with van der Waals surface area (Å²) >= 11 is 0. The summed E-state index contributed by atoms with van der Waals surface area (Å²) in [5.74, 6) is -2.36. The first kappa shape index (κ1) is 57.1. The van der Waals surface area contributed by atoms with Gasteiger partial charge in [-0.15, -0.1) is 10.2 Å². The first-order valence-corrected chi connectivity index (χ1v) is 23.0. The first-order valence-electron chi connectivity index (χ1n) is 23.0. The van der Waals surface area contributed by atoms with E-state index in [0.717, 1.165) is 50.8 Å². The molecule has 0 aliphatic rings. The lowest BCUT2D eigenvalue weighted by Gasteiger charge is -2.13. The molecule has 1 aromatic rings. The minimum absolute atomic E-state index is 0.00213. The summed E-state index contributed by atoms with van der Waals surface area (Å²) in [5.41, 5.74) is 0. The minimum atomic E-state index is -1.07. The Kier molecular flexibility index (Phi) is 37.0. The maximum atomic E-state index is 12.5. The number of nitrogens with zero attached hydrogens (tertiary/aromatic N) is 3. The topological polar surface area (TPSA) is 282 Å². The summed E-state index contributed by atoms with van der Waals surface area (Å²) in [7, 11) is 1.67. The van der Waals surface area contributed by atoms with Gasteiger partial charge in [0.1, 0.15) is 25.6 Å². The number of ketones is 2. The molecule has 1 heterocycles. The highest BCUT2D eigenvalue weighted by molar-refractivity contribution is 5.85. The molecule has 1 aromatic heterocycles. The van der Waals surface area contributed by atoms with Crippen molar-refractivity contribution in [3.05, 3.63) is 5.82 Å². The number of hydrogen-bond donors (Lipinski definition) is 7. The molecule has 0 bridgehead atoms. The Labute approximate surface area is 373 Å². The number of ether oxygens (including phenoxy) is 4. The number of carbonyl (C=O) groups is 6. The van der Waals surface area contributed by atoms with E-state index < -0.39 is 18.5 Å². The van der Waals surface area contributed by atoms with E-state index in [0.29, 0.717) is 25.8 Å². The molecule has 20 nitrogen and oxygen atoms in total. The number of Topliss-reactive ketones (excluding diaryl/α,β-unsaturated/α-hetero) is 2. The number of rotatable bonds is 46. The molecule has 7 N–H and O–H groups in total. The van der Waals surface area contributed by atoms with Gasteiger partial charge < -0.3 is 50.4 Å². The summed E-state index contributed by atoms with van der Waals surface area (Å²) in [5, 5.41) is 43.5. The summed E-state index contributed by atoms with van der Waals surface area (Å²) in [6, 6.07) is -0.384. The molecule has 0 saturated heterocycles. The highest BCUT2D eigenvalue weighted by atomic mass is 16.5. The number of carboxylic acids is 1. The van der Waals surface area contributed by atoms with Crippen LogP contribution < -0.4 is 21.3 Å². The Morgan fingerprint density at radius 1 is 0.603 bits per heavy atom. The van der Waals surface area contributed by atoms with Crippen LogP contribution in [-0.2, 0) is 54.1 Å². The summed E-state index contributed by atoms with van der Waals surface area (Å²) < 4.78 is 21.4. The van der Waals surface area contributed by atoms with Crippen molar-refractivity contribution < 1.29 is 57.9 Å². The van der Waals surface area contributed by atoms with E-state index in [4.69, 9.17) is 24.1 Å². The first-order chi connectivity index (χ1) is 30.7. The van der Waals surface area contributed by atoms with E-state index in [1.54, 1.807) is 7.05 Å². The number of H-pyrrole nitrogens is 1. The van der Waals surface area contributed by atoms with Gasteiger partial charge in [-0.3, -0.25) is 28.8 Å². The molecule has 0 aromatic carbocycles. The van der Waals surface area contributed by atoms with E-state index in [-0.39, 0.29) is 121 Å². The van der Waals surface area contributed by atoms with Gasteiger partial charge in [0, 0.05) is 45.3 Å². The number of aromatic amines is 1. The number of hydrogen-bond acceptors (Lipinski definition) is 15. The standard InChI is InChI=1S/C43H78N8O12/c1-44-37(38(54)32-52)18-15-16-22-45-41(56)33-62-29-28-61-26-24-47-42(57)34-63-30-27-60-25-23-46-40(55)21-20-35(43(58)59)31-36(53)17-13-11-9-7-5-3-2-4-6-8-10-12-14-19-39-48-50-51-49-39/h35,37,44,52H,2-34H2,1H3,(H,45,56)(H,46,55)(H,47,57)(H,58,59)(H,48,49,50,51)/t35?,37-/m0/s1. The zero-order chi connectivity index (χ0) is 46.0. The number of tetrazole rings is 1. The molecule has 362 valence electrons. The van der Waals surface area contributed by atoms with Crippen molar-refractivity contribution in [1.82, 2.24) is 41.9 Å². The van der Waals surface area contributed by atoms with Gasteiger partial charge in [0.25, 0.3) is 0 Å². The van der Waals surface area contributed by atoms with Crippen molar-refractivity contribution in [3.63, 3.8) is 0 Å². The lowest BCUT2D eigenvalue weighted by Crippen LogP contribution is -2.36. The Morgan fingerprint density at radius 2 is 1.13 bits per heavy atom. The smallest absolute Gasteiger partial charge is 0.306 e. The van der Waals surface area contributed by atoms with Crippen LogP contribution in [0.4, 0.5) is 0 Å². The average Bonchev–Trinajstić information content (AvgIpc) is 3.80. The van der Waals surface area contributed by atoms with Gasteiger partial charge in [-0.1, -0.05) is 75.8 Å². The number of likely N-dealkylation sites (N-methyl/N-ethyl adjacent to an activating group) is 1. The summed E-state index contributed by atoms with van der Waals surface area (Å²) in [4.78, 5) is 71.7. The quantitative estimate of drug-likeness (QED) is 0.0463. The minimum Gasteiger partial charge on any atom is -0.481 e. The lowest BCUT2D eigenvalue weighted by molar-refractivity contribution is -0.144. The highest BCUT2D eigenvalue weighted by Crippen LogP contribution is 2.17. The molecule has 2 atom stereocenters. The number of aliphatic hydroxyl groups excluding tert-OH is 1. The van der Waals surface area contributed by atoms with Gasteiger partial charge in [-0.05, 0) is 45.6 Å². The number of aryl methyl sites for hydroxylation is 1. The number of unbranched alkanes of at least 4 members (excludes halogenated alkanes) is 13. The fraction of sp³-hybridized carbons (Fsp3) is 0.837. The normalized spacial score (nSPS) is 12.2. The van der Waals surface area contributed by atoms with Crippen LogP contribution in [0.15, 0.2) is 0 Å². The molecule has 0 radical (unpaired) electrons. The fourth-order valence-electron chi connectivity index (χ4n) is 6.60. The summed E-state index contributed by atoms with van der Waals surface area (Å²) in [6.07, 6.45) is 18.3. The second-order valence-corrected chi connectivity index (χ2v) is 15.6. The molecule has 3 amide bonds. The van der Waals surface area contributed by atoms with Gasteiger partial charge in [-0.2, -0.15) is 5.21 Å². The molecule has 0 aliphatic carbocycles. The maximum Gasteiger partial charge on any atom is 0.306 e. The van der Waals surface area contributed by atoms with Crippen LogP contribution in [0, 0.1) is 5.92 Å². The van der Waals surface area contributed by atoms with Crippen LogP contribution in [0.25, 0.3) is 0 Å². The third kappa shape index (κ3) is 35.1. The van der Waals surface area contributed by atoms with Crippen LogP contribution >= 0.6 is 0 Å². The Bertz CT molecular complexity index is 1340.